The van der Waals surface area contributed by atoms with Gasteiger partial charge in [0.25, 0.3) is 0 Å². The Hall–Kier alpha value is -3.96. The van der Waals surface area contributed by atoms with E-state index in [0.717, 1.165) is 135 Å². The van der Waals surface area contributed by atoms with E-state index >= 15 is 0 Å². The molecule has 0 saturated heterocycles. The lowest BCUT2D eigenvalue weighted by Gasteiger charge is -2.18. The molecule has 0 bridgehead atoms. The molecule has 0 rings (SSSR count). The van der Waals surface area contributed by atoms with Gasteiger partial charge in [-0.15, -0.1) is 0 Å². The highest BCUT2D eigenvalue weighted by atomic mass is 16.6. The summed E-state index contributed by atoms with van der Waals surface area (Å²) in [6.45, 7) is 7.51. The molecule has 0 aromatic heterocycles. The molecule has 72 heavy (non-hydrogen) atoms. The monoisotopic (exact) mass is 995 g/mol. The average Bonchev–Trinajstić information content (AvgIpc) is 3.38. The molecule has 0 heterocycles. The van der Waals surface area contributed by atoms with Gasteiger partial charge in [0, 0.05) is 19.4 Å². The highest BCUT2D eigenvalue weighted by Gasteiger charge is 2.17. The number of allylic oxidation sites excluding steroid dienone is 22. The van der Waals surface area contributed by atoms with Gasteiger partial charge in [0.05, 0.1) is 6.61 Å². The molecular formula is C67H110O5. The van der Waals surface area contributed by atoms with Crippen molar-refractivity contribution >= 4 is 11.9 Å². The van der Waals surface area contributed by atoms with Gasteiger partial charge in [-0.05, 0) is 135 Å². The summed E-state index contributed by atoms with van der Waals surface area (Å²) in [7, 11) is 0. The molecule has 0 spiro atoms. The van der Waals surface area contributed by atoms with Gasteiger partial charge in [-0.3, -0.25) is 9.59 Å². The molecule has 0 saturated carbocycles. The van der Waals surface area contributed by atoms with E-state index in [-0.39, 0.29) is 25.2 Å². The molecule has 0 aromatic carbocycles. The topological polar surface area (TPSA) is 61.8 Å². The van der Waals surface area contributed by atoms with Crippen molar-refractivity contribution in [2.24, 2.45) is 0 Å². The van der Waals surface area contributed by atoms with Gasteiger partial charge in [-0.25, -0.2) is 0 Å². The van der Waals surface area contributed by atoms with E-state index in [1.54, 1.807) is 0 Å². The van der Waals surface area contributed by atoms with Crippen molar-refractivity contribution in [3.05, 3.63) is 134 Å². The highest BCUT2D eigenvalue weighted by molar-refractivity contribution is 5.70. The van der Waals surface area contributed by atoms with Gasteiger partial charge >= 0.3 is 11.9 Å². The van der Waals surface area contributed by atoms with Crippen LogP contribution in [0.25, 0.3) is 0 Å². The van der Waals surface area contributed by atoms with E-state index in [0.29, 0.717) is 19.4 Å². The van der Waals surface area contributed by atoms with Gasteiger partial charge in [0.15, 0.2) is 6.10 Å². The molecule has 0 aliphatic rings. The van der Waals surface area contributed by atoms with Gasteiger partial charge < -0.3 is 14.2 Å². The van der Waals surface area contributed by atoms with Crippen LogP contribution in [0.15, 0.2) is 134 Å². The zero-order chi connectivity index (χ0) is 52.0. The molecule has 5 nitrogen and oxygen atoms in total. The number of unbranched alkanes of at least 4 members (excludes halogenated alkanes) is 20. The third kappa shape index (κ3) is 58.6. The molecular weight excluding hydrogens is 885 g/mol. The Morgan fingerprint density at radius 1 is 0.319 bits per heavy atom. The molecule has 0 radical (unpaired) electrons. The number of hydrogen-bond donors (Lipinski definition) is 0. The highest BCUT2D eigenvalue weighted by Crippen LogP contribution is 2.14. The summed E-state index contributed by atoms with van der Waals surface area (Å²) < 4.78 is 17.5. The van der Waals surface area contributed by atoms with Crippen LogP contribution in [0.2, 0.25) is 0 Å². The normalized spacial score (nSPS) is 13.2. The first-order chi connectivity index (χ1) is 35.6. The first-order valence-electron chi connectivity index (χ1n) is 29.7. The zero-order valence-electron chi connectivity index (χ0n) is 46.9. The van der Waals surface area contributed by atoms with Gasteiger partial charge in [-0.1, -0.05) is 238 Å². The summed E-state index contributed by atoms with van der Waals surface area (Å²) in [5.41, 5.74) is 0. The van der Waals surface area contributed by atoms with E-state index in [9.17, 15) is 9.59 Å². The smallest absolute Gasteiger partial charge is 0.306 e. The SMILES string of the molecule is CC/C=C\C/C=C\C/C=C\C/C=C\C/C=C\CCCCCC(=O)OCC(COCCCCCCCCCCCC/C=C\C/C=C\CCCCC)OC(=O)CCCCCC/C=C\C/C=C\C/C=C\C/C=C\CC. The predicted molar refractivity (Wildman–Crippen MR) is 315 cm³/mol. The van der Waals surface area contributed by atoms with Crippen LogP contribution in [0.5, 0.6) is 0 Å². The van der Waals surface area contributed by atoms with Crippen molar-refractivity contribution in [2.45, 2.75) is 258 Å². The Kier molecular flexibility index (Phi) is 58.0. The molecule has 0 N–H and O–H groups in total. The minimum Gasteiger partial charge on any atom is -0.462 e. The Balaban J connectivity index is 4.41. The van der Waals surface area contributed by atoms with Crippen molar-refractivity contribution in [1.82, 2.24) is 0 Å². The first kappa shape index (κ1) is 68.0. The van der Waals surface area contributed by atoms with Gasteiger partial charge in [0.2, 0.25) is 0 Å². The Labute approximate surface area is 445 Å². The Morgan fingerprint density at radius 2 is 0.625 bits per heavy atom. The van der Waals surface area contributed by atoms with E-state index in [4.69, 9.17) is 14.2 Å². The van der Waals surface area contributed by atoms with Crippen molar-refractivity contribution in [2.75, 3.05) is 19.8 Å². The number of rotatable bonds is 53. The summed E-state index contributed by atoms with van der Waals surface area (Å²) in [4.78, 5) is 25.6. The number of hydrogen-bond acceptors (Lipinski definition) is 5. The molecule has 1 atom stereocenters. The second kappa shape index (κ2) is 61.3. The first-order valence-corrected chi connectivity index (χ1v) is 29.7. The fourth-order valence-electron chi connectivity index (χ4n) is 7.79. The largest absolute Gasteiger partial charge is 0.462 e. The van der Waals surface area contributed by atoms with Gasteiger partial charge in [-0.2, -0.15) is 0 Å². The lowest BCUT2D eigenvalue weighted by molar-refractivity contribution is -0.163. The minimum absolute atomic E-state index is 0.0486. The third-order valence-corrected chi connectivity index (χ3v) is 12.2. The number of carbonyl (C=O) groups excluding carboxylic acids is 2. The van der Waals surface area contributed by atoms with Crippen LogP contribution in [0.4, 0.5) is 0 Å². The Morgan fingerprint density at radius 3 is 1.01 bits per heavy atom. The Bertz CT molecular complexity index is 1500. The summed E-state index contributed by atoms with van der Waals surface area (Å²) in [5.74, 6) is -0.467. The molecule has 408 valence electrons. The maximum Gasteiger partial charge on any atom is 0.306 e. The molecule has 0 aliphatic carbocycles. The van der Waals surface area contributed by atoms with Crippen LogP contribution in [-0.4, -0.2) is 37.9 Å². The molecule has 0 aromatic rings. The second-order valence-corrected chi connectivity index (χ2v) is 19.1. The summed E-state index contributed by atoms with van der Waals surface area (Å²) in [6.07, 6.45) is 87.6. The van der Waals surface area contributed by atoms with Gasteiger partial charge in [0.1, 0.15) is 6.61 Å². The quantitative estimate of drug-likeness (QED) is 0.0345. The molecule has 0 fully saturated rings. The standard InChI is InChI=1S/C67H110O5/c1-4-7-10-13-16-19-22-25-28-31-33-35-38-41-44-47-50-53-56-59-62-70-63-65(72-67(69)61-58-55-52-49-46-43-40-36-30-27-24-21-18-15-12-9-6-3)64-71-66(68)60-57-54-51-48-45-42-39-37-34-32-29-26-23-20-17-14-11-8-5-2/h8-9,11-12,16-21,25-30,34,37,40,42-43,45,65H,4-7,10,13-15,22-24,31-33,35-36,38-39,41,44,46-64H2,1-3H3/b11-8-,12-9-,19-16-,20-17-,21-18-,28-25-,29-26-,30-27-,37-34-,43-40-,45-42-. The van der Waals surface area contributed by atoms with Crippen LogP contribution < -0.4 is 0 Å². The molecule has 0 amide bonds. The summed E-state index contributed by atoms with van der Waals surface area (Å²) in [6, 6.07) is 0. The maximum atomic E-state index is 12.9. The van der Waals surface area contributed by atoms with E-state index in [1.807, 2.05) is 0 Å². The third-order valence-electron chi connectivity index (χ3n) is 12.2. The number of carbonyl (C=O) groups is 2. The van der Waals surface area contributed by atoms with E-state index in [1.165, 1.54) is 83.5 Å². The number of esters is 2. The van der Waals surface area contributed by atoms with Crippen LogP contribution in [0.1, 0.15) is 252 Å². The maximum absolute atomic E-state index is 12.9. The van der Waals surface area contributed by atoms with Crippen LogP contribution >= 0.6 is 0 Å². The van der Waals surface area contributed by atoms with Crippen LogP contribution in [0.3, 0.4) is 0 Å². The summed E-state index contributed by atoms with van der Waals surface area (Å²) in [5, 5.41) is 0. The van der Waals surface area contributed by atoms with Crippen molar-refractivity contribution in [1.29, 1.82) is 0 Å². The number of ether oxygens (including phenoxy) is 3. The van der Waals surface area contributed by atoms with Crippen LogP contribution in [0, 0.1) is 0 Å². The summed E-state index contributed by atoms with van der Waals surface area (Å²) >= 11 is 0. The van der Waals surface area contributed by atoms with Crippen molar-refractivity contribution < 1.29 is 23.8 Å². The van der Waals surface area contributed by atoms with E-state index in [2.05, 4.69) is 154 Å². The fourth-order valence-corrected chi connectivity index (χ4v) is 7.79. The molecule has 1 unspecified atom stereocenters. The van der Waals surface area contributed by atoms with Crippen molar-refractivity contribution in [3.63, 3.8) is 0 Å². The second-order valence-electron chi connectivity index (χ2n) is 19.1. The van der Waals surface area contributed by atoms with E-state index < -0.39 is 6.10 Å². The minimum atomic E-state index is -0.576. The average molecular weight is 996 g/mol. The molecule has 0 aliphatic heterocycles. The lowest BCUT2D eigenvalue weighted by Crippen LogP contribution is -2.30. The predicted octanol–water partition coefficient (Wildman–Crippen LogP) is 20.7. The molecule has 5 heteroatoms. The zero-order valence-corrected chi connectivity index (χ0v) is 46.9. The van der Waals surface area contributed by atoms with Crippen molar-refractivity contribution in [3.8, 4) is 0 Å². The lowest BCUT2D eigenvalue weighted by atomic mass is 10.1. The fraction of sp³-hybridized carbons (Fsp3) is 0.642. The van der Waals surface area contributed by atoms with Crippen LogP contribution in [-0.2, 0) is 23.8 Å².